The quantitative estimate of drug-likeness (QED) is 0.942. The first-order valence-corrected chi connectivity index (χ1v) is 7.43. The van der Waals surface area contributed by atoms with Crippen LogP contribution < -0.4 is 15.0 Å². The molecule has 2 heterocycles. The number of nitrogens with zero attached hydrogens (tertiary/aromatic N) is 2. The lowest BCUT2D eigenvalue weighted by Crippen LogP contribution is -2.19. The Labute approximate surface area is 129 Å². The van der Waals surface area contributed by atoms with Gasteiger partial charge in [-0.15, -0.1) is 0 Å². The second kappa shape index (κ2) is 6.47. The zero-order valence-electron chi connectivity index (χ0n) is 12.6. The van der Waals surface area contributed by atoms with E-state index in [1.54, 1.807) is 43.6 Å². The molecule has 5 heteroatoms. The minimum absolute atomic E-state index is 0.210. The van der Waals surface area contributed by atoms with Gasteiger partial charge in [-0.3, -0.25) is 4.79 Å². The number of anilines is 2. The van der Waals surface area contributed by atoms with Crippen LogP contribution in [0.25, 0.3) is 0 Å². The minimum atomic E-state index is -0.210. The normalized spacial score (nSPS) is 14.0. The molecule has 114 valence electrons. The molecule has 1 aliphatic heterocycles. The van der Waals surface area contributed by atoms with Crippen LogP contribution in [0.1, 0.15) is 23.3 Å². The maximum atomic E-state index is 12.2. The molecule has 1 aromatic heterocycles. The van der Waals surface area contributed by atoms with E-state index in [4.69, 9.17) is 4.74 Å². The molecule has 3 rings (SSSR count). The Hall–Kier alpha value is -2.56. The van der Waals surface area contributed by atoms with Crippen molar-refractivity contribution in [2.24, 2.45) is 0 Å². The topological polar surface area (TPSA) is 54.5 Å². The highest BCUT2D eigenvalue weighted by Gasteiger charge is 2.14. The lowest BCUT2D eigenvalue weighted by molar-refractivity contribution is 0.102. The van der Waals surface area contributed by atoms with E-state index in [0.717, 1.165) is 30.2 Å². The summed E-state index contributed by atoms with van der Waals surface area (Å²) in [7, 11) is 1.61. The van der Waals surface area contributed by atoms with E-state index in [0.29, 0.717) is 5.69 Å². The van der Waals surface area contributed by atoms with Gasteiger partial charge in [0.15, 0.2) is 0 Å². The first-order valence-electron chi connectivity index (χ1n) is 7.43. The molecule has 0 saturated carbocycles. The number of methoxy groups -OCH3 is 1. The lowest BCUT2D eigenvalue weighted by atomic mass is 10.2. The van der Waals surface area contributed by atoms with Crippen molar-refractivity contribution in [1.29, 1.82) is 0 Å². The largest absolute Gasteiger partial charge is 0.497 e. The summed E-state index contributed by atoms with van der Waals surface area (Å²) >= 11 is 0. The van der Waals surface area contributed by atoms with Crippen LogP contribution in [0.4, 0.5) is 11.4 Å². The summed E-state index contributed by atoms with van der Waals surface area (Å²) in [5.74, 6) is 0.546. The van der Waals surface area contributed by atoms with Crippen molar-refractivity contribution in [1.82, 2.24) is 4.98 Å². The molecular weight excluding hydrogens is 278 g/mol. The molecule has 1 saturated heterocycles. The highest BCUT2D eigenvalue weighted by molar-refractivity contribution is 6.02. The Morgan fingerprint density at radius 2 is 1.86 bits per heavy atom. The number of carbonyl (C=O) groups excluding carboxylic acids is 1. The third kappa shape index (κ3) is 3.19. The number of carbonyl (C=O) groups is 1. The van der Waals surface area contributed by atoms with Crippen LogP contribution in [0.5, 0.6) is 5.75 Å². The van der Waals surface area contributed by atoms with Crippen molar-refractivity contribution in [3.63, 3.8) is 0 Å². The number of hydrogen-bond donors (Lipinski definition) is 1. The Bertz CT molecular complexity index is 632. The van der Waals surface area contributed by atoms with Gasteiger partial charge in [-0.25, -0.2) is 4.98 Å². The minimum Gasteiger partial charge on any atom is -0.497 e. The average molecular weight is 297 g/mol. The monoisotopic (exact) mass is 297 g/mol. The van der Waals surface area contributed by atoms with Gasteiger partial charge in [-0.05, 0) is 49.2 Å². The lowest BCUT2D eigenvalue weighted by Gasteiger charge is -2.16. The maximum Gasteiger partial charge on any atom is 0.274 e. The van der Waals surface area contributed by atoms with Gasteiger partial charge in [0.25, 0.3) is 5.91 Å². The third-order valence-corrected chi connectivity index (χ3v) is 3.80. The molecular formula is C17H19N3O2. The molecule has 1 amide bonds. The number of nitrogens with one attached hydrogen (secondary N) is 1. The van der Waals surface area contributed by atoms with E-state index in [-0.39, 0.29) is 5.91 Å². The highest BCUT2D eigenvalue weighted by atomic mass is 16.5. The smallest absolute Gasteiger partial charge is 0.274 e. The number of amides is 1. The fraction of sp³-hybridized carbons (Fsp3) is 0.294. The standard InChI is InChI=1S/C17H19N3O2/c1-22-15-7-4-13(5-8-15)19-17(21)16-9-6-14(12-18-16)20-10-2-3-11-20/h4-9,12H,2-3,10-11H2,1H3,(H,19,21). The van der Waals surface area contributed by atoms with Gasteiger partial charge in [0, 0.05) is 18.8 Å². The van der Waals surface area contributed by atoms with E-state index in [1.807, 2.05) is 6.07 Å². The number of ether oxygens (including phenoxy) is 1. The summed E-state index contributed by atoms with van der Waals surface area (Å²) in [5, 5.41) is 2.83. The van der Waals surface area contributed by atoms with Gasteiger partial charge in [0.05, 0.1) is 19.0 Å². The summed E-state index contributed by atoms with van der Waals surface area (Å²) < 4.78 is 5.09. The summed E-state index contributed by atoms with van der Waals surface area (Å²) in [4.78, 5) is 18.7. The second-order valence-electron chi connectivity index (χ2n) is 5.28. The predicted octanol–water partition coefficient (Wildman–Crippen LogP) is 2.94. The molecule has 0 aliphatic carbocycles. The van der Waals surface area contributed by atoms with Gasteiger partial charge < -0.3 is 15.0 Å². The molecule has 2 aromatic rings. The van der Waals surface area contributed by atoms with Crippen LogP contribution in [0.3, 0.4) is 0 Å². The molecule has 1 aromatic carbocycles. The molecule has 1 N–H and O–H groups in total. The highest BCUT2D eigenvalue weighted by Crippen LogP contribution is 2.20. The van der Waals surface area contributed by atoms with Crippen LogP contribution in [0.15, 0.2) is 42.6 Å². The molecule has 0 unspecified atom stereocenters. The Balaban J connectivity index is 1.66. The SMILES string of the molecule is COc1ccc(NC(=O)c2ccc(N3CCCC3)cn2)cc1. The number of pyridine rings is 1. The molecule has 0 radical (unpaired) electrons. The van der Waals surface area contributed by atoms with E-state index in [1.165, 1.54) is 12.8 Å². The van der Waals surface area contributed by atoms with E-state index >= 15 is 0 Å². The van der Waals surface area contributed by atoms with Crippen LogP contribution in [-0.4, -0.2) is 31.1 Å². The van der Waals surface area contributed by atoms with Crippen molar-refractivity contribution in [2.75, 3.05) is 30.4 Å². The Morgan fingerprint density at radius 3 is 2.45 bits per heavy atom. The fourth-order valence-electron chi connectivity index (χ4n) is 2.55. The van der Waals surface area contributed by atoms with Gasteiger partial charge in [0.1, 0.15) is 11.4 Å². The van der Waals surface area contributed by atoms with Crippen LogP contribution in [0, 0.1) is 0 Å². The number of benzene rings is 1. The van der Waals surface area contributed by atoms with Crippen molar-refractivity contribution in [3.8, 4) is 5.75 Å². The number of aromatic nitrogens is 1. The van der Waals surface area contributed by atoms with Gasteiger partial charge in [-0.2, -0.15) is 0 Å². The summed E-state index contributed by atoms with van der Waals surface area (Å²) in [6, 6.07) is 10.9. The number of rotatable bonds is 4. The fourth-order valence-corrected chi connectivity index (χ4v) is 2.55. The van der Waals surface area contributed by atoms with E-state index in [9.17, 15) is 4.79 Å². The zero-order valence-corrected chi connectivity index (χ0v) is 12.6. The molecule has 1 fully saturated rings. The van der Waals surface area contributed by atoms with Gasteiger partial charge >= 0.3 is 0 Å². The summed E-state index contributed by atoms with van der Waals surface area (Å²) in [6.45, 7) is 2.14. The molecule has 0 spiro atoms. The van der Waals surface area contributed by atoms with Crippen molar-refractivity contribution < 1.29 is 9.53 Å². The Morgan fingerprint density at radius 1 is 1.14 bits per heavy atom. The first kappa shape index (κ1) is 14.4. The second-order valence-corrected chi connectivity index (χ2v) is 5.28. The van der Waals surface area contributed by atoms with E-state index < -0.39 is 0 Å². The van der Waals surface area contributed by atoms with Crippen molar-refractivity contribution in [3.05, 3.63) is 48.3 Å². The third-order valence-electron chi connectivity index (χ3n) is 3.80. The average Bonchev–Trinajstić information content (AvgIpc) is 3.10. The van der Waals surface area contributed by atoms with Crippen LogP contribution in [0.2, 0.25) is 0 Å². The first-order chi connectivity index (χ1) is 10.8. The van der Waals surface area contributed by atoms with Crippen LogP contribution >= 0.6 is 0 Å². The predicted molar refractivity (Wildman–Crippen MR) is 86.6 cm³/mol. The van der Waals surface area contributed by atoms with E-state index in [2.05, 4.69) is 15.2 Å². The Kier molecular flexibility index (Phi) is 4.23. The zero-order chi connectivity index (χ0) is 15.4. The van der Waals surface area contributed by atoms with Gasteiger partial charge in [-0.1, -0.05) is 0 Å². The number of hydrogen-bond acceptors (Lipinski definition) is 4. The molecule has 0 bridgehead atoms. The molecule has 1 aliphatic rings. The molecule has 5 nitrogen and oxygen atoms in total. The van der Waals surface area contributed by atoms with Crippen molar-refractivity contribution >= 4 is 17.3 Å². The molecule has 0 atom stereocenters. The van der Waals surface area contributed by atoms with Crippen LogP contribution in [-0.2, 0) is 0 Å². The summed E-state index contributed by atoms with van der Waals surface area (Å²) in [6.07, 6.45) is 4.22. The summed E-state index contributed by atoms with van der Waals surface area (Å²) in [5.41, 5.74) is 2.22. The van der Waals surface area contributed by atoms with Crippen molar-refractivity contribution in [2.45, 2.75) is 12.8 Å². The maximum absolute atomic E-state index is 12.2. The molecule has 22 heavy (non-hydrogen) atoms. The van der Waals surface area contributed by atoms with Gasteiger partial charge in [0.2, 0.25) is 0 Å².